The lowest BCUT2D eigenvalue weighted by Gasteiger charge is -2.23. The molecule has 8 heteroatoms. The SMILES string of the molecule is CC(C(=O)O)C(NC(=O)CSc1nncn1C(C)C)c1ccccc1. The maximum Gasteiger partial charge on any atom is 0.308 e. The highest BCUT2D eigenvalue weighted by Gasteiger charge is 2.26. The average Bonchev–Trinajstić information content (AvgIpc) is 3.07. The van der Waals surface area contributed by atoms with E-state index in [4.69, 9.17) is 0 Å². The number of rotatable bonds is 8. The maximum absolute atomic E-state index is 12.3. The molecule has 1 heterocycles. The number of carboxylic acid groups (broad SMARTS) is 1. The predicted molar refractivity (Wildman–Crippen MR) is 95.3 cm³/mol. The van der Waals surface area contributed by atoms with Crippen molar-refractivity contribution in [3.05, 3.63) is 42.2 Å². The van der Waals surface area contributed by atoms with Gasteiger partial charge in [0.2, 0.25) is 5.91 Å². The highest BCUT2D eigenvalue weighted by atomic mass is 32.2. The van der Waals surface area contributed by atoms with Crippen molar-refractivity contribution in [1.29, 1.82) is 0 Å². The van der Waals surface area contributed by atoms with E-state index in [1.807, 2.05) is 48.7 Å². The minimum atomic E-state index is -0.957. The molecule has 2 unspecified atom stereocenters. The Labute approximate surface area is 150 Å². The van der Waals surface area contributed by atoms with Gasteiger partial charge < -0.3 is 15.0 Å². The molecule has 2 aromatic rings. The van der Waals surface area contributed by atoms with Crippen molar-refractivity contribution in [3.63, 3.8) is 0 Å². The standard InChI is InChI=1S/C17H22N4O3S/c1-11(2)21-10-18-20-17(21)25-9-14(22)19-15(12(3)16(23)24)13-7-5-4-6-8-13/h4-8,10-12,15H,9H2,1-3H3,(H,19,22)(H,23,24). The van der Waals surface area contributed by atoms with Gasteiger partial charge in [-0.05, 0) is 26.3 Å². The molecule has 1 amide bonds. The Morgan fingerprint density at radius 3 is 2.52 bits per heavy atom. The van der Waals surface area contributed by atoms with Gasteiger partial charge in [0.25, 0.3) is 0 Å². The summed E-state index contributed by atoms with van der Waals surface area (Å²) in [5.74, 6) is -1.80. The van der Waals surface area contributed by atoms with E-state index in [1.165, 1.54) is 11.8 Å². The Balaban J connectivity index is 2.04. The molecule has 0 radical (unpaired) electrons. The van der Waals surface area contributed by atoms with Crippen LogP contribution >= 0.6 is 11.8 Å². The molecule has 0 aliphatic heterocycles. The number of hydrogen-bond acceptors (Lipinski definition) is 5. The fourth-order valence-corrected chi connectivity index (χ4v) is 3.19. The Hall–Kier alpha value is -2.35. The van der Waals surface area contributed by atoms with E-state index in [2.05, 4.69) is 15.5 Å². The molecule has 2 atom stereocenters. The van der Waals surface area contributed by atoms with E-state index >= 15 is 0 Å². The first kappa shape index (κ1) is 19.0. The Bertz CT molecular complexity index is 718. The van der Waals surface area contributed by atoms with Crippen molar-refractivity contribution in [2.24, 2.45) is 5.92 Å². The van der Waals surface area contributed by atoms with Crippen LogP contribution in [0.15, 0.2) is 41.8 Å². The van der Waals surface area contributed by atoms with Crippen molar-refractivity contribution in [3.8, 4) is 0 Å². The summed E-state index contributed by atoms with van der Waals surface area (Å²) in [5.41, 5.74) is 0.765. The third kappa shape index (κ3) is 5.06. The van der Waals surface area contributed by atoms with Crippen LogP contribution in [0.1, 0.15) is 38.4 Å². The van der Waals surface area contributed by atoms with Gasteiger partial charge in [-0.2, -0.15) is 0 Å². The average molecular weight is 362 g/mol. The summed E-state index contributed by atoms with van der Waals surface area (Å²) in [4.78, 5) is 23.7. The fraction of sp³-hybridized carbons (Fsp3) is 0.412. The first-order chi connectivity index (χ1) is 11.9. The van der Waals surface area contributed by atoms with Gasteiger partial charge in [0, 0.05) is 6.04 Å². The number of nitrogens with zero attached hydrogens (tertiary/aromatic N) is 3. The molecular weight excluding hydrogens is 340 g/mol. The molecule has 1 aromatic heterocycles. The Morgan fingerprint density at radius 2 is 1.92 bits per heavy atom. The largest absolute Gasteiger partial charge is 0.481 e. The Morgan fingerprint density at radius 1 is 1.24 bits per heavy atom. The predicted octanol–water partition coefficient (Wildman–Crippen LogP) is 2.53. The second kappa shape index (κ2) is 8.66. The number of nitrogens with one attached hydrogen (secondary N) is 1. The van der Waals surface area contributed by atoms with Crippen LogP contribution in [-0.2, 0) is 9.59 Å². The number of benzene rings is 1. The van der Waals surface area contributed by atoms with Crippen LogP contribution in [0.2, 0.25) is 0 Å². The molecule has 1 aromatic carbocycles. The molecule has 7 nitrogen and oxygen atoms in total. The van der Waals surface area contributed by atoms with Gasteiger partial charge in [-0.25, -0.2) is 0 Å². The van der Waals surface area contributed by atoms with E-state index < -0.39 is 17.9 Å². The van der Waals surface area contributed by atoms with Crippen molar-refractivity contribution < 1.29 is 14.7 Å². The van der Waals surface area contributed by atoms with Crippen LogP contribution in [0.4, 0.5) is 0 Å². The van der Waals surface area contributed by atoms with Crippen LogP contribution in [0.3, 0.4) is 0 Å². The molecule has 0 spiro atoms. The third-order valence-electron chi connectivity index (χ3n) is 3.79. The van der Waals surface area contributed by atoms with Gasteiger partial charge in [-0.1, -0.05) is 42.1 Å². The normalized spacial score (nSPS) is 13.4. The zero-order valence-electron chi connectivity index (χ0n) is 14.4. The summed E-state index contributed by atoms with van der Waals surface area (Å²) in [7, 11) is 0. The zero-order chi connectivity index (χ0) is 18.4. The van der Waals surface area contributed by atoms with Crippen LogP contribution in [0.5, 0.6) is 0 Å². The number of carbonyl (C=O) groups is 2. The van der Waals surface area contributed by atoms with Crippen molar-refractivity contribution in [1.82, 2.24) is 20.1 Å². The van der Waals surface area contributed by atoms with Crippen molar-refractivity contribution >= 4 is 23.6 Å². The van der Waals surface area contributed by atoms with Crippen LogP contribution < -0.4 is 5.32 Å². The number of amides is 1. The smallest absolute Gasteiger partial charge is 0.308 e. The molecule has 0 saturated carbocycles. The monoisotopic (exact) mass is 362 g/mol. The van der Waals surface area contributed by atoms with E-state index in [0.717, 1.165) is 5.56 Å². The van der Waals surface area contributed by atoms with Crippen LogP contribution in [0, 0.1) is 5.92 Å². The van der Waals surface area contributed by atoms with Gasteiger partial charge in [-0.15, -0.1) is 10.2 Å². The number of aromatic nitrogens is 3. The molecule has 0 fully saturated rings. The number of carbonyl (C=O) groups excluding carboxylic acids is 1. The highest BCUT2D eigenvalue weighted by Crippen LogP contribution is 2.23. The summed E-state index contributed by atoms with van der Waals surface area (Å²) in [6.07, 6.45) is 1.63. The van der Waals surface area contributed by atoms with Gasteiger partial charge in [0.15, 0.2) is 5.16 Å². The number of aliphatic carboxylic acids is 1. The molecule has 25 heavy (non-hydrogen) atoms. The first-order valence-corrected chi connectivity index (χ1v) is 8.98. The second-order valence-electron chi connectivity index (χ2n) is 5.99. The molecule has 2 rings (SSSR count). The van der Waals surface area contributed by atoms with E-state index in [0.29, 0.717) is 5.16 Å². The number of hydrogen-bond donors (Lipinski definition) is 2. The zero-order valence-corrected chi connectivity index (χ0v) is 15.2. The van der Waals surface area contributed by atoms with Gasteiger partial charge >= 0.3 is 5.97 Å². The molecule has 2 N–H and O–H groups in total. The molecular formula is C17H22N4O3S. The Kier molecular flexibility index (Phi) is 6.58. The van der Waals surface area contributed by atoms with E-state index in [1.54, 1.807) is 13.3 Å². The summed E-state index contributed by atoms with van der Waals surface area (Å²) in [6, 6.07) is 8.73. The van der Waals surface area contributed by atoms with Crippen molar-refractivity contribution in [2.45, 2.75) is 38.0 Å². The number of carboxylic acids is 1. The van der Waals surface area contributed by atoms with Crippen molar-refractivity contribution in [2.75, 3.05) is 5.75 Å². The van der Waals surface area contributed by atoms with E-state index in [9.17, 15) is 14.7 Å². The lowest BCUT2D eigenvalue weighted by atomic mass is 9.94. The third-order valence-corrected chi connectivity index (χ3v) is 4.75. The molecule has 0 bridgehead atoms. The minimum absolute atomic E-state index is 0.140. The topological polar surface area (TPSA) is 97.1 Å². The summed E-state index contributed by atoms with van der Waals surface area (Å²) < 4.78 is 1.88. The highest BCUT2D eigenvalue weighted by molar-refractivity contribution is 7.99. The molecule has 0 saturated heterocycles. The minimum Gasteiger partial charge on any atom is -0.481 e. The maximum atomic E-state index is 12.3. The first-order valence-electron chi connectivity index (χ1n) is 7.99. The van der Waals surface area contributed by atoms with Crippen LogP contribution in [0.25, 0.3) is 0 Å². The molecule has 0 aliphatic rings. The molecule has 0 aliphatic carbocycles. The van der Waals surface area contributed by atoms with E-state index in [-0.39, 0.29) is 17.7 Å². The van der Waals surface area contributed by atoms with Gasteiger partial charge in [0.1, 0.15) is 6.33 Å². The lowest BCUT2D eigenvalue weighted by Crippen LogP contribution is -2.36. The molecule has 134 valence electrons. The quantitative estimate of drug-likeness (QED) is 0.701. The second-order valence-corrected chi connectivity index (χ2v) is 6.93. The van der Waals surface area contributed by atoms with Gasteiger partial charge in [-0.3, -0.25) is 9.59 Å². The number of thioether (sulfide) groups is 1. The summed E-state index contributed by atoms with van der Waals surface area (Å²) in [6.45, 7) is 5.60. The fourth-order valence-electron chi connectivity index (χ4n) is 2.33. The van der Waals surface area contributed by atoms with Crippen LogP contribution in [-0.4, -0.2) is 37.5 Å². The summed E-state index contributed by atoms with van der Waals surface area (Å²) in [5, 5.41) is 20.7. The lowest BCUT2D eigenvalue weighted by molar-refractivity contribution is -0.142. The summed E-state index contributed by atoms with van der Waals surface area (Å²) >= 11 is 1.28. The van der Waals surface area contributed by atoms with Gasteiger partial charge in [0.05, 0.1) is 17.7 Å².